The van der Waals surface area contributed by atoms with Crippen LogP contribution >= 0.6 is 0 Å². The van der Waals surface area contributed by atoms with E-state index in [9.17, 15) is 17.2 Å². The van der Waals surface area contributed by atoms with E-state index in [1.807, 2.05) is 12.1 Å². The SMILES string of the molecule is CCCN1CCC(c2ccc(NS(=O)(=O)c3ccc(N4CCC(F)(F)C4)cc3)cc2)C1. The smallest absolute Gasteiger partial charge is 0.266 e. The van der Waals surface area contributed by atoms with Crippen LogP contribution in [0.5, 0.6) is 0 Å². The number of halogens is 2. The summed E-state index contributed by atoms with van der Waals surface area (Å²) in [5, 5.41) is 0. The molecule has 1 atom stereocenters. The van der Waals surface area contributed by atoms with E-state index in [0.29, 0.717) is 17.3 Å². The molecule has 2 saturated heterocycles. The highest BCUT2D eigenvalue weighted by atomic mass is 32.2. The summed E-state index contributed by atoms with van der Waals surface area (Å²) in [7, 11) is -3.75. The number of anilines is 2. The van der Waals surface area contributed by atoms with Gasteiger partial charge in [0.15, 0.2) is 0 Å². The number of likely N-dealkylation sites (tertiary alicyclic amines) is 1. The quantitative estimate of drug-likeness (QED) is 0.675. The molecule has 2 aromatic rings. The lowest BCUT2D eigenvalue weighted by Gasteiger charge is -2.18. The number of sulfonamides is 1. The summed E-state index contributed by atoms with van der Waals surface area (Å²) >= 11 is 0. The molecule has 0 aromatic heterocycles. The van der Waals surface area contributed by atoms with E-state index in [-0.39, 0.29) is 24.4 Å². The predicted octanol–water partition coefficient (Wildman–Crippen LogP) is 4.53. The zero-order chi connectivity index (χ0) is 22.1. The van der Waals surface area contributed by atoms with E-state index in [1.165, 1.54) is 17.7 Å². The number of nitrogens with one attached hydrogen (secondary N) is 1. The van der Waals surface area contributed by atoms with Gasteiger partial charge in [-0.25, -0.2) is 17.2 Å². The third-order valence-corrected chi connectivity index (χ3v) is 7.53. The molecule has 31 heavy (non-hydrogen) atoms. The molecular weight excluding hydrogens is 420 g/mol. The summed E-state index contributed by atoms with van der Waals surface area (Å²) in [4.78, 5) is 4.15. The molecule has 0 amide bonds. The second-order valence-corrected chi connectivity index (χ2v) is 10.2. The van der Waals surface area contributed by atoms with Crippen LogP contribution in [0.4, 0.5) is 20.2 Å². The van der Waals surface area contributed by atoms with Crippen molar-refractivity contribution >= 4 is 21.4 Å². The van der Waals surface area contributed by atoms with Gasteiger partial charge in [-0.2, -0.15) is 0 Å². The van der Waals surface area contributed by atoms with E-state index >= 15 is 0 Å². The van der Waals surface area contributed by atoms with E-state index in [0.717, 1.165) is 32.5 Å². The van der Waals surface area contributed by atoms with E-state index in [1.54, 1.807) is 29.2 Å². The van der Waals surface area contributed by atoms with Crippen LogP contribution in [0.25, 0.3) is 0 Å². The lowest BCUT2D eigenvalue weighted by atomic mass is 9.98. The van der Waals surface area contributed by atoms with E-state index in [4.69, 9.17) is 0 Å². The van der Waals surface area contributed by atoms with Gasteiger partial charge in [0.25, 0.3) is 15.9 Å². The summed E-state index contributed by atoms with van der Waals surface area (Å²) in [5.74, 6) is -2.20. The van der Waals surface area contributed by atoms with Crippen LogP contribution in [0.2, 0.25) is 0 Å². The summed E-state index contributed by atoms with van der Waals surface area (Å²) in [6.07, 6.45) is 2.10. The second kappa shape index (κ2) is 8.74. The van der Waals surface area contributed by atoms with Crippen molar-refractivity contribution in [2.45, 2.75) is 42.9 Å². The van der Waals surface area contributed by atoms with Crippen LogP contribution < -0.4 is 9.62 Å². The summed E-state index contributed by atoms with van der Waals surface area (Å²) in [6.45, 7) is 5.40. The first-order valence-corrected chi connectivity index (χ1v) is 12.3. The number of nitrogens with zero attached hydrogens (tertiary/aromatic N) is 2. The van der Waals surface area contributed by atoms with Crippen LogP contribution in [0.15, 0.2) is 53.4 Å². The number of rotatable bonds is 7. The molecule has 0 aliphatic carbocycles. The van der Waals surface area contributed by atoms with Crippen molar-refractivity contribution in [3.8, 4) is 0 Å². The van der Waals surface area contributed by atoms with Crippen molar-refractivity contribution in [1.82, 2.24) is 4.90 Å². The van der Waals surface area contributed by atoms with Crippen LogP contribution in [-0.2, 0) is 10.0 Å². The van der Waals surface area contributed by atoms with Crippen molar-refractivity contribution in [2.75, 3.05) is 42.3 Å². The maximum Gasteiger partial charge on any atom is 0.266 e. The van der Waals surface area contributed by atoms with Crippen molar-refractivity contribution in [2.24, 2.45) is 0 Å². The third-order valence-electron chi connectivity index (χ3n) is 6.13. The number of hydrogen-bond donors (Lipinski definition) is 1. The molecule has 2 aliphatic heterocycles. The number of hydrogen-bond acceptors (Lipinski definition) is 4. The molecule has 4 rings (SSSR count). The standard InChI is InChI=1S/C23H29F2N3O2S/c1-2-13-27-14-11-19(16-27)18-3-5-20(6-4-18)26-31(29,30)22-9-7-21(8-10-22)28-15-12-23(24,25)17-28/h3-10,19,26H,2,11-17H2,1H3. The average Bonchev–Trinajstić information content (AvgIpc) is 3.35. The second-order valence-electron chi connectivity index (χ2n) is 8.54. The minimum absolute atomic E-state index is 0.109. The molecule has 0 saturated carbocycles. The van der Waals surface area contributed by atoms with Gasteiger partial charge in [0.05, 0.1) is 11.4 Å². The normalized spacial score (nSPS) is 21.5. The third kappa shape index (κ3) is 5.18. The molecule has 0 bridgehead atoms. The van der Waals surface area contributed by atoms with E-state index < -0.39 is 15.9 Å². The van der Waals surface area contributed by atoms with Gasteiger partial charge in [-0.1, -0.05) is 19.1 Å². The fourth-order valence-electron chi connectivity index (χ4n) is 4.45. The molecule has 2 fully saturated rings. The Balaban J connectivity index is 1.39. The molecule has 0 radical (unpaired) electrons. The molecule has 5 nitrogen and oxygen atoms in total. The Labute approximate surface area is 183 Å². The van der Waals surface area contributed by atoms with Crippen LogP contribution in [-0.4, -0.2) is 52.0 Å². The minimum Gasteiger partial charge on any atom is -0.365 e. The summed E-state index contributed by atoms with van der Waals surface area (Å²) in [5.41, 5.74) is 2.35. The van der Waals surface area contributed by atoms with Crippen molar-refractivity contribution in [3.63, 3.8) is 0 Å². The topological polar surface area (TPSA) is 52.7 Å². The predicted molar refractivity (Wildman–Crippen MR) is 120 cm³/mol. The Bertz CT molecular complexity index is 994. The molecule has 2 heterocycles. The average molecular weight is 450 g/mol. The van der Waals surface area contributed by atoms with Gasteiger partial charge in [-0.3, -0.25) is 4.72 Å². The maximum absolute atomic E-state index is 13.4. The molecule has 1 N–H and O–H groups in total. The first-order valence-electron chi connectivity index (χ1n) is 10.8. The molecular formula is C23H29F2N3O2S. The van der Waals surface area contributed by atoms with E-state index in [2.05, 4.69) is 16.5 Å². The number of benzene rings is 2. The summed E-state index contributed by atoms with van der Waals surface area (Å²) in [6, 6.07) is 13.7. The van der Waals surface area contributed by atoms with Gasteiger partial charge in [0.1, 0.15) is 0 Å². The summed E-state index contributed by atoms with van der Waals surface area (Å²) < 4.78 is 54.9. The van der Waals surface area contributed by atoms with Gasteiger partial charge < -0.3 is 9.80 Å². The zero-order valence-electron chi connectivity index (χ0n) is 17.7. The van der Waals surface area contributed by atoms with Crippen molar-refractivity contribution in [1.29, 1.82) is 0 Å². The van der Waals surface area contributed by atoms with Crippen molar-refractivity contribution < 1.29 is 17.2 Å². The molecule has 168 valence electrons. The highest BCUT2D eigenvalue weighted by Crippen LogP contribution is 2.32. The fourth-order valence-corrected chi connectivity index (χ4v) is 5.51. The minimum atomic E-state index is -3.75. The first-order chi connectivity index (χ1) is 14.8. The van der Waals surface area contributed by atoms with Gasteiger partial charge in [-0.05, 0) is 73.8 Å². The van der Waals surface area contributed by atoms with Crippen LogP contribution in [0.1, 0.15) is 37.7 Å². The Morgan fingerprint density at radius 2 is 1.77 bits per heavy atom. The van der Waals surface area contributed by atoms with Crippen LogP contribution in [0, 0.1) is 0 Å². The Morgan fingerprint density at radius 3 is 2.39 bits per heavy atom. The Hall–Kier alpha value is -2.19. The van der Waals surface area contributed by atoms with Gasteiger partial charge in [0.2, 0.25) is 0 Å². The van der Waals surface area contributed by atoms with Gasteiger partial charge >= 0.3 is 0 Å². The maximum atomic E-state index is 13.4. The number of alkyl halides is 2. The monoisotopic (exact) mass is 449 g/mol. The first kappa shape index (κ1) is 22.0. The Kier molecular flexibility index (Phi) is 6.21. The van der Waals surface area contributed by atoms with Crippen LogP contribution in [0.3, 0.4) is 0 Å². The highest BCUT2D eigenvalue weighted by molar-refractivity contribution is 7.92. The molecule has 0 spiro atoms. The molecule has 2 aliphatic rings. The van der Waals surface area contributed by atoms with Crippen molar-refractivity contribution in [3.05, 3.63) is 54.1 Å². The molecule has 1 unspecified atom stereocenters. The highest BCUT2D eigenvalue weighted by Gasteiger charge is 2.38. The Morgan fingerprint density at radius 1 is 1.06 bits per heavy atom. The lowest BCUT2D eigenvalue weighted by Crippen LogP contribution is -2.24. The van der Waals surface area contributed by atoms with Gasteiger partial charge in [-0.15, -0.1) is 0 Å². The molecule has 8 heteroatoms. The lowest BCUT2D eigenvalue weighted by molar-refractivity contribution is 0.0257. The zero-order valence-corrected chi connectivity index (χ0v) is 18.5. The fraction of sp³-hybridized carbons (Fsp3) is 0.478. The molecule has 2 aromatic carbocycles. The van der Waals surface area contributed by atoms with Gasteiger partial charge in [0, 0.05) is 30.9 Å². The largest absolute Gasteiger partial charge is 0.365 e.